The zero-order valence-corrected chi connectivity index (χ0v) is 14.7. The van der Waals surface area contributed by atoms with E-state index in [1.54, 1.807) is 6.20 Å². The molecule has 0 atom stereocenters. The molecule has 2 aromatic rings. The number of aromatic nitrogens is 2. The summed E-state index contributed by atoms with van der Waals surface area (Å²) in [4.78, 5) is 21.5. The van der Waals surface area contributed by atoms with E-state index in [0.717, 1.165) is 35.4 Å². The smallest absolute Gasteiger partial charge is 0.253 e. The van der Waals surface area contributed by atoms with Gasteiger partial charge in [0.05, 0.1) is 11.1 Å². The van der Waals surface area contributed by atoms with Gasteiger partial charge in [0.1, 0.15) is 0 Å². The van der Waals surface area contributed by atoms with Crippen molar-refractivity contribution in [2.45, 2.75) is 57.4 Å². The quantitative estimate of drug-likeness (QED) is 0.861. The van der Waals surface area contributed by atoms with Crippen LogP contribution in [0.1, 0.15) is 67.4 Å². The van der Waals surface area contributed by atoms with Crippen LogP contribution in [0.2, 0.25) is 0 Å². The maximum Gasteiger partial charge on any atom is 0.253 e. The maximum absolute atomic E-state index is 12.5. The van der Waals surface area contributed by atoms with Gasteiger partial charge in [-0.25, -0.2) is 0 Å². The van der Waals surface area contributed by atoms with Crippen molar-refractivity contribution in [3.63, 3.8) is 0 Å². The number of nitrogens with zero attached hydrogens (tertiary/aromatic N) is 2. The van der Waals surface area contributed by atoms with Crippen molar-refractivity contribution in [1.29, 1.82) is 0 Å². The first-order valence-electron chi connectivity index (χ1n) is 9.09. The summed E-state index contributed by atoms with van der Waals surface area (Å²) in [6, 6.07) is 4.29. The lowest BCUT2D eigenvalue weighted by Gasteiger charge is -2.26. The zero-order valence-electron chi connectivity index (χ0n) is 14.7. The zero-order chi connectivity index (χ0) is 17.8. The number of carbonyl (C=O) groups excluding carboxylic acids is 1. The third-order valence-electron chi connectivity index (χ3n) is 5.20. The highest BCUT2D eigenvalue weighted by Crippen LogP contribution is 2.39. The Morgan fingerprint density at radius 3 is 2.44 bits per heavy atom. The molecule has 2 fully saturated rings. The second-order valence-electron chi connectivity index (χ2n) is 7.23. The Balaban J connectivity index is 0.000000880. The van der Waals surface area contributed by atoms with Gasteiger partial charge in [0, 0.05) is 35.4 Å². The SMILES string of the molecule is C#C.CC1CCC(NC(=O)c2cnc3cc(C4CC4)ncc3c2)CC1. The van der Waals surface area contributed by atoms with Crippen LogP contribution in [0.4, 0.5) is 0 Å². The van der Waals surface area contributed by atoms with Crippen LogP contribution in [0.5, 0.6) is 0 Å². The van der Waals surface area contributed by atoms with Crippen LogP contribution < -0.4 is 5.32 Å². The predicted molar refractivity (Wildman–Crippen MR) is 100 cm³/mol. The first-order chi connectivity index (χ1) is 12.2. The van der Waals surface area contributed by atoms with E-state index in [1.165, 1.54) is 25.7 Å². The first-order valence-corrected chi connectivity index (χ1v) is 9.09. The third-order valence-corrected chi connectivity index (χ3v) is 5.20. The molecule has 2 heterocycles. The summed E-state index contributed by atoms with van der Waals surface area (Å²) in [6.07, 6.45) is 18.6. The van der Waals surface area contributed by atoms with Crippen LogP contribution in [0, 0.1) is 18.8 Å². The highest BCUT2D eigenvalue weighted by atomic mass is 16.1. The van der Waals surface area contributed by atoms with E-state index < -0.39 is 0 Å². The Labute approximate surface area is 149 Å². The minimum atomic E-state index is -0.00905. The Bertz CT molecular complexity index is 771. The van der Waals surface area contributed by atoms with Crippen molar-refractivity contribution < 1.29 is 4.79 Å². The van der Waals surface area contributed by atoms with Crippen LogP contribution in [-0.4, -0.2) is 21.9 Å². The Kier molecular flexibility index (Phi) is 5.33. The Morgan fingerprint density at radius 1 is 1.04 bits per heavy atom. The molecular weight excluding hydrogens is 310 g/mol. The molecule has 2 saturated carbocycles. The normalized spacial score (nSPS) is 22.7. The van der Waals surface area contributed by atoms with Gasteiger partial charge in [0.15, 0.2) is 0 Å². The molecule has 0 saturated heterocycles. The monoisotopic (exact) mass is 335 g/mol. The van der Waals surface area contributed by atoms with E-state index in [-0.39, 0.29) is 5.91 Å². The van der Waals surface area contributed by atoms with Gasteiger partial charge in [-0.15, -0.1) is 12.8 Å². The highest BCUT2D eigenvalue weighted by molar-refractivity contribution is 5.97. The van der Waals surface area contributed by atoms with Crippen LogP contribution in [-0.2, 0) is 0 Å². The summed E-state index contributed by atoms with van der Waals surface area (Å²) >= 11 is 0. The Morgan fingerprint density at radius 2 is 1.76 bits per heavy atom. The van der Waals surface area contributed by atoms with Gasteiger partial charge in [-0.2, -0.15) is 0 Å². The van der Waals surface area contributed by atoms with Gasteiger partial charge in [-0.1, -0.05) is 6.92 Å². The number of carbonyl (C=O) groups is 1. The van der Waals surface area contributed by atoms with E-state index in [2.05, 4.69) is 41.1 Å². The fourth-order valence-corrected chi connectivity index (χ4v) is 3.44. The molecule has 0 aromatic carbocycles. The molecule has 0 radical (unpaired) electrons. The molecule has 4 heteroatoms. The number of nitrogens with one attached hydrogen (secondary N) is 1. The molecule has 4 nitrogen and oxygen atoms in total. The second kappa shape index (κ2) is 7.65. The minimum absolute atomic E-state index is 0.00905. The predicted octanol–water partition coefficient (Wildman–Crippen LogP) is 4.07. The van der Waals surface area contributed by atoms with E-state index >= 15 is 0 Å². The van der Waals surface area contributed by atoms with Crippen LogP contribution in [0.25, 0.3) is 10.9 Å². The molecule has 2 aliphatic rings. The molecule has 1 amide bonds. The number of hydrogen-bond acceptors (Lipinski definition) is 3. The molecule has 2 aromatic heterocycles. The average molecular weight is 335 g/mol. The van der Waals surface area contributed by atoms with Gasteiger partial charge >= 0.3 is 0 Å². The van der Waals surface area contributed by atoms with Crippen molar-refractivity contribution in [1.82, 2.24) is 15.3 Å². The molecular formula is C21H25N3O. The molecule has 4 rings (SSSR count). The van der Waals surface area contributed by atoms with Crippen molar-refractivity contribution in [3.05, 3.63) is 35.8 Å². The summed E-state index contributed by atoms with van der Waals surface area (Å²) in [5.41, 5.74) is 2.71. The highest BCUT2D eigenvalue weighted by Gasteiger charge is 2.25. The molecule has 0 unspecified atom stereocenters. The Hall–Kier alpha value is -2.41. The topological polar surface area (TPSA) is 54.9 Å². The number of rotatable bonds is 3. The number of hydrogen-bond donors (Lipinski definition) is 1. The lowest BCUT2D eigenvalue weighted by molar-refractivity contribution is 0.0923. The van der Waals surface area contributed by atoms with Gasteiger partial charge in [-0.05, 0) is 56.6 Å². The van der Waals surface area contributed by atoms with Crippen LogP contribution in [0.3, 0.4) is 0 Å². The standard InChI is InChI=1S/C19H23N3O.C2H2/c1-12-2-6-16(7-3-12)22-19(23)15-8-14-10-20-17(13-4-5-13)9-18(14)21-11-15;1-2/h8-13,16H,2-7H2,1H3,(H,22,23);1-2H. The van der Waals surface area contributed by atoms with Gasteiger partial charge in [0.2, 0.25) is 0 Å². The van der Waals surface area contributed by atoms with Crippen molar-refractivity contribution in [2.24, 2.45) is 5.92 Å². The van der Waals surface area contributed by atoms with E-state index in [1.807, 2.05) is 12.3 Å². The number of terminal acetylenes is 1. The van der Waals surface area contributed by atoms with E-state index in [9.17, 15) is 4.79 Å². The summed E-state index contributed by atoms with van der Waals surface area (Å²) in [5, 5.41) is 4.10. The molecule has 25 heavy (non-hydrogen) atoms. The van der Waals surface area contributed by atoms with Crippen molar-refractivity contribution in [2.75, 3.05) is 0 Å². The number of amides is 1. The molecule has 0 bridgehead atoms. The number of fused-ring (bicyclic) bond motifs is 1. The fraction of sp³-hybridized carbons (Fsp3) is 0.476. The largest absolute Gasteiger partial charge is 0.349 e. The summed E-state index contributed by atoms with van der Waals surface area (Å²) in [6.45, 7) is 2.29. The van der Waals surface area contributed by atoms with Gasteiger partial charge < -0.3 is 5.32 Å². The molecule has 0 aliphatic heterocycles. The van der Waals surface area contributed by atoms with Crippen molar-refractivity contribution in [3.8, 4) is 12.8 Å². The molecule has 130 valence electrons. The minimum Gasteiger partial charge on any atom is -0.349 e. The lowest BCUT2D eigenvalue weighted by Crippen LogP contribution is -2.37. The average Bonchev–Trinajstić information content (AvgIpc) is 3.49. The third kappa shape index (κ3) is 4.17. The van der Waals surface area contributed by atoms with Crippen LogP contribution >= 0.6 is 0 Å². The van der Waals surface area contributed by atoms with Crippen molar-refractivity contribution >= 4 is 16.8 Å². The first kappa shape index (κ1) is 17.4. The fourth-order valence-electron chi connectivity index (χ4n) is 3.44. The molecule has 2 aliphatic carbocycles. The summed E-state index contributed by atoms with van der Waals surface area (Å²) in [7, 11) is 0. The molecule has 0 spiro atoms. The second-order valence-corrected chi connectivity index (χ2v) is 7.23. The summed E-state index contributed by atoms with van der Waals surface area (Å²) < 4.78 is 0. The molecule has 1 N–H and O–H groups in total. The summed E-state index contributed by atoms with van der Waals surface area (Å²) in [5.74, 6) is 1.40. The van der Waals surface area contributed by atoms with Crippen LogP contribution in [0.15, 0.2) is 24.5 Å². The number of pyridine rings is 2. The van der Waals surface area contributed by atoms with E-state index in [0.29, 0.717) is 17.5 Å². The van der Waals surface area contributed by atoms with Gasteiger partial charge in [-0.3, -0.25) is 14.8 Å². The van der Waals surface area contributed by atoms with Gasteiger partial charge in [0.25, 0.3) is 5.91 Å². The lowest BCUT2D eigenvalue weighted by atomic mass is 9.87. The van der Waals surface area contributed by atoms with E-state index in [4.69, 9.17) is 0 Å². The maximum atomic E-state index is 12.5.